The van der Waals surface area contributed by atoms with Crippen molar-refractivity contribution in [3.63, 3.8) is 0 Å². The number of halogens is 2. The van der Waals surface area contributed by atoms with Crippen LogP contribution in [-0.4, -0.2) is 43.3 Å². The third-order valence-electron chi connectivity index (χ3n) is 7.18. The highest BCUT2D eigenvalue weighted by molar-refractivity contribution is 5.88. The van der Waals surface area contributed by atoms with E-state index < -0.39 is 23.1 Å². The number of aromatic nitrogens is 4. The van der Waals surface area contributed by atoms with Gasteiger partial charge in [-0.05, 0) is 43.9 Å². The smallest absolute Gasteiger partial charge is 0.249 e. The number of aryl methyl sites for hydroxylation is 1. The molecule has 7 rings (SSSR count). The molecule has 10 heteroatoms. The molecule has 1 amide bonds. The number of hydrazone groups is 1. The maximum absolute atomic E-state index is 14.6. The molecule has 4 aliphatic rings. The molecule has 34 heavy (non-hydrogen) atoms. The molecule has 1 aromatic carbocycles. The lowest BCUT2D eigenvalue weighted by molar-refractivity contribution is -0.227. The first kappa shape index (κ1) is 20.9. The number of nitrogens with zero attached hydrogens (tertiary/aromatic N) is 6. The van der Waals surface area contributed by atoms with E-state index >= 15 is 0 Å². The quantitative estimate of drug-likeness (QED) is 0.555. The van der Waals surface area contributed by atoms with Crippen LogP contribution in [0.1, 0.15) is 42.9 Å². The Bertz CT molecular complexity index is 1270. The summed E-state index contributed by atoms with van der Waals surface area (Å²) in [5.74, 6) is -0.0631. The summed E-state index contributed by atoms with van der Waals surface area (Å²) in [6, 6.07) is 1.73. The second kappa shape index (κ2) is 7.41. The molecule has 1 atom stereocenters. The minimum atomic E-state index is -0.617. The molecule has 174 valence electrons. The molecule has 2 bridgehead atoms. The molecule has 3 aliphatic carbocycles. The number of carbonyl (C=O) groups is 1. The fourth-order valence-corrected chi connectivity index (χ4v) is 5.54. The summed E-state index contributed by atoms with van der Waals surface area (Å²) in [5.41, 5.74) is -0.169. The normalized spacial score (nSPS) is 26.8. The molecule has 0 saturated heterocycles. The highest BCUT2D eigenvalue weighted by Gasteiger charge is 2.73. The van der Waals surface area contributed by atoms with Crippen molar-refractivity contribution in [1.29, 1.82) is 0 Å². The van der Waals surface area contributed by atoms with Crippen molar-refractivity contribution in [3.05, 3.63) is 66.0 Å². The van der Waals surface area contributed by atoms with Crippen LogP contribution < -0.4 is 4.74 Å². The number of rotatable bonds is 6. The van der Waals surface area contributed by atoms with Gasteiger partial charge in [-0.15, -0.1) is 0 Å². The van der Waals surface area contributed by atoms with E-state index in [4.69, 9.17) is 4.74 Å². The topological polar surface area (TPSA) is 85.5 Å². The number of hydrogen-bond acceptors (Lipinski definition) is 6. The van der Waals surface area contributed by atoms with E-state index in [1.165, 1.54) is 24.1 Å². The lowest BCUT2D eigenvalue weighted by atomic mass is 9.35. The minimum absolute atomic E-state index is 0.0689. The Balaban J connectivity index is 1.08. The lowest BCUT2D eigenvalue weighted by Gasteiger charge is -2.69. The van der Waals surface area contributed by atoms with E-state index in [0.717, 1.165) is 0 Å². The predicted octanol–water partition coefficient (Wildman–Crippen LogP) is 3.76. The average Bonchev–Trinajstić information content (AvgIpc) is 3.47. The number of amides is 1. The Morgan fingerprint density at radius 2 is 2.00 bits per heavy atom. The zero-order valence-corrected chi connectivity index (χ0v) is 18.5. The van der Waals surface area contributed by atoms with Gasteiger partial charge in [-0.3, -0.25) is 9.36 Å². The molecule has 0 N–H and O–H groups in total. The third-order valence-corrected chi connectivity index (χ3v) is 7.18. The van der Waals surface area contributed by atoms with E-state index in [-0.39, 0.29) is 22.4 Å². The van der Waals surface area contributed by atoms with Crippen LogP contribution in [0, 0.1) is 29.4 Å². The van der Waals surface area contributed by atoms with Gasteiger partial charge in [-0.2, -0.15) is 5.10 Å². The van der Waals surface area contributed by atoms with Crippen molar-refractivity contribution in [2.75, 3.05) is 6.61 Å². The van der Waals surface area contributed by atoms with Gasteiger partial charge in [0.1, 0.15) is 18.0 Å². The van der Waals surface area contributed by atoms with Crippen LogP contribution >= 0.6 is 0 Å². The first-order valence-electron chi connectivity index (χ1n) is 11.1. The van der Waals surface area contributed by atoms with E-state index in [1.807, 2.05) is 0 Å². The summed E-state index contributed by atoms with van der Waals surface area (Å²) in [6.45, 7) is 1.96. The number of benzene rings is 1. The van der Waals surface area contributed by atoms with Crippen LogP contribution in [0.3, 0.4) is 0 Å². The van der Waals surface area contributed by atoms with Crippen LogP contribution in [0.2, 0.25) is 0 Å². The summed E-state index contributed by atoms with van der Waals surface area (Å²) in [7, 11) is 0. The van der Waals surface area contributed by atoms with Crippen molar-refractivity contribution < 1.29 is 18.3 Å². The van der Waals surface area contributed by atoms with Gasteiger partial charge >= 0.3 is 0 Å². The summed E-state index contributed by atoms with van der Waals surface area (Å²) < 4.78 is 36.3. The van der Waals surface area contributed by atoms with Crippen LogP contribution in [0.15, 0.2) is 48.3 Å². The van der Waals surface area contributed by atoms with Gasteiger partial charge in [0.2, 0.25) is 11.8 Å². The van der Waals surface area contributed by atoms with Gasteiger partial charge in [0, 0.05) is 36.0 Å². The van der Waals surface area contributed by atoms with Crippen molar-refractivity contribution in [3.8, 4) is 11.7 Å². The molecule has 3 saturated carbocycles. The Morgan fingerprint density at radius 3 is 2.71 bits per heavy atom. The second-order valence-electron chi connectivity index (χ2n) is 9.60. The Labute approximate surface area is 194 Å². The molecular formula is C24H22F2N6O2. The second-order valence-corrected chi connectivity index (χ2v) is 9.60. The Morgan fingerprint density at radius 1 is 1.18 bits per heavy atom. The fraction of sp³-hybridized carbons (Fsp3) is 0.375. The summed E-state index contributed by atoms with van der Waals surface area (Å²) in [4.78, 5) is 25.9. The molecular weight excluding hydrogens is 442 g/mol. The monoisotopic (exact) mass is 464 g/mol. The van der Waals surface area contributed by atoms with Crippen molar-refractivity contribution in [1.82, 2.24) is 24.5 Å². The fourth-order valence-electron chi connectivity index (χ4n) is 5.54. The first-order chi connectivity index (χ1) is 16.4. The molecule has 1 unspecified atom stereocenters. The molecule has 0 radical (unpaired) electrons. The number of ether oxygens (including phenoxy) is 1. The molecule has 2 aromatic heterocycles. The minimum Gasteiger partial charge on any atom is -0.476 e. The standard InChI is InChI=1S/C24H22F2N6O2/c1-15-6-18(26)16(7-17(15)25)19-2-3-30-32(19)22(33)24-10-23(11-24,12-24)13-34-21-9-28-20(8-29-21)31-5-4-27-14-31/h3-9,14,19H,2,10-13H2,1H3. The van der Waals surface area contributed by atoms with Crippen molar-refractivity contribution >= 4 is 12.1 Å². The van der Waals surface area contributed by atoms with E-state index in [1.54, 1.807) is 41.9 Å². The van der Waals surface area contributed by atoms with E-state index in [0.29, 0.717) is 44.0 Å². The van der Waals surface area contributed by atoms with Gasteiger partial charge in [0.15, 0.2) is 5.82 Å². The van der Waals surface area contributed by atoms with Crippen molar-refractivity contribution in [2.24, 2.45) is 15.9 Å². The summed E-state index contributed by atoms with van der Waals surface area (Å²) in [6.07, 6.45) is 12.3. The van der Waals surface area contributed by atoms with Gasteiger partial charge in [-0.25, -0.2) is 28.7 Å². The zero-order chi connectivity index (χ0) is 23.5. The number of carbonyl (C=O) groups excluding carboxylic acids is 1. The van der Waals surface area contributed by atoms with Crippen LogP contribution in [0.4, 0.5) is 8.78 Å². The van der Waals surface area contributed by atoms with E-state index in [2.05, 4.69) is 20.1 Å². The molecule has 8 nitrogen and oxygen atoms in total. The zero-order valence-electron chi connectivity index (χ0n) is 18.5. The van der Waals surface area contributed by atoms with Crippen LogP contribution in [0.25, 0.3) is 5.82 Å². The molecule has 0 spiro atoms. The lowest BCUT2D eigenvalue weighted by Crippen LogP contribution is -2.69. The number of hydrogen-bond donors (Lipinski definition) is 0. The maximum Gasteiger partial charge on any atom is 0.249 e. The van der Waals surface area contributed by atoms with Crippen LogP contribution in [0.5, 0.6) is 5.88 Å². The molecule has 3 heterocycles. The van der Waals surface area contributed by atoms with Gasteiger partial charge in [0.05, 0.1) is 30.5 Å². The largest absolute Gasteiger partial charge is 0.476 e. The van der Waals surface area contributed by atoms with Gasteiger partial charge in [0.25, 0.3) is 0 Å². The van der Waals surface area contributed by atoms with E-state index in [9.17, 15) is 13.6 Å². The van der Waals surface area contributed by atoms with Gasteiger partial charge in [-0.1, -0.05) is 0 Å². The van der Waals surface area contributed by atoms with Crippen molar-refractivity contribution in [2.45, 2.75) is 38.6 Å². The predicted molar refractivity (Wildman–Crippen MR) is 117 cm³/mol. The highest BCUT2D eigenvalue weighted by atomic mass is 19.1. The summed E-state index contributed by atoms with van der Waals surface area (Å²) in [5, 5.41) is 5.56. The van der Waals surface area contributed by atoms with Crippen LogP contribution in [-0.2, 0) is 4.79 Å². The Hall–Kier alpha value is -3.69. The third kappa shape index (κ3) is 3.19. The maximum atomic E-state index is 14.6. The first-order valence-corrected chi connectivity index (χ1v) is 11.1. The highest BCUT2D eigenvalue weighted by Crippen LogP contribution is 2.74. The Kier molecular flexibility index (Phi) is 4.55. The average molecular weight is 464 g/mol. The molecule has 3 aromatic rings. The summed E-state index contributed by atoms with van der Waals surface area (Å²) >= 11 is 0. The molecule has 1 aliphatic heterocycles. The van der Waals surface area contributed by atoms with Gasteiger partial charge < -0.3 is 4.74 Å². The SMILES string of the molecule is Cc1cc(F)c(C2CC=NN2C(=O)C23CC(COc4cnc(-n5ccnc5)cn4)(C2)C3)cc1F. The number of imidazole rings is 1. The molecule has 3 fully saturated rings.